The number of hydrogen-bond acceptors (Lipinski definition) is 5. The zero-order valence-corrected chi connectivity index (χ0v) is 15.2. The number of piperazine rings is 1. The third kappa shape index (κ3) is 4.59. The normalized spacial score (nSPS) is 17.7. The molecule has 3 rings (SSSR count). The highest BCUT2D eigenvalue weighted by atomic mass is 16.2. The van der Waals surface area contributed by atoms with Crippen molar-refractivity contribution in [1.29, 1.82) is 0 Å². The Kier molecular flexibility index (Phi) is 5.66. The summed E-state index contributed by atoms with van der Waals surface area (Å²) in [5, 5.41) is 4.09. The van der Waals surface area contributed by atoms with Crippen LogP contribution >= 0.6 is 0 Å². The molecule has 1 atom stereocenters. The third-order valence-corrected chi connectivity index (χ3v) is 4.69. The zero-order valence-electron chi connectivity index (χ0n) is 15.2. The van der Waals surface area contributed by atoms with Crippen molar-refractivity contribution >= 4 is 11.8 Å². The summed E-state index contributed by atoms with van der Waals surface area (Å²) >= 11 is 0. The highest BCUT2D eigenvalue weighted by molar-refractivity contribution is 5.82. The molecular weight excluding hydrogens is 346 g/mol. The summed E-state index contributed by atoms with van der Waals surface area (Å²) in [7, 11) is 0. The number of carbonyl (C=O) groups is 2. The fourth-order valence-corrected chi connectivity index (χ4v) is 3.22. The lowest BCUT2D eigenvalue weighted by Gasteiger charge is -2.40. The molecule has 8 nitrogen and oxygen atoms in total. The fraction of sp³-hybridized carbons (Fsp3) is 0.368. The summed E-state index contributed by atoms with van der Waals surface area (Å²) in [4.78, 5) is 40.0. The van der Waals surface area contributed by atoms with Gasteiger partial charge in [0.05, 0.1) is 5.69 Å². The minimum atomic E-state index is -0.565. The van der Waals surface area contributed by atoms with Gasteiger partial charge in [0.15, 0.2) is 0 Å². The molecule has 1 aromatic heterocycles. The van der Waals surface area contributed by atoms with E-state index in [2.05, 4.69) is 5.10 Å². The standard InChI is InChI=1S/C19H23N5O3/c1-14-7-8-17(25)24(21-14)13-18(26)23-10-9-22(16(12-23)19(20)27)11-15-5-3-2-4-6-15/h2-8,16H,9-13H2,1H3,(H2,20,27). The van der Waals surface area contributed by atoms with Crippen LogP contribution in [0, 0.1) is 6.92 Å². The first-order valence-electron chi connectivity index (χ1n) is 8.84. The number of aromatic nitrogens is 2. The van der Waals surface area contributed by atoms with E-state index in [1.807, 2.05) is 35.2 Å². The second kappa shape index (κ2) is 8.13. The molecule has 2 N–H and O–H groups in total. The molecule has 2 amide bonds. The van der Waals surface area contributed by atoms with Gasteiger partial charge in [-0.1, -0.05) is 30.3 Å². The Morgan fingerprint density at radius 1 is 1.15 bits per heavy atom. The third-order valence-electron chi connectivity index (χ3n) is 4.69. The first-order valence-corrected chi connectivity index (χ1v) is 8.84. The van der Waals surface area contributed by atoms with E-state index < -0.39 is 11.9 Å². The van der Waals surface area contributed by atoms with Gasteiger partial charge < -0.3 is 10.6 Å². The van der Waals surface area contributed by atoms with Gasteiger partial charge in [-0.3, -0.25) is 19.3 Å². The van der Waals surface area contributed by atoms with Crippen LogP contribution in [-0.2, 0) is 22.7 Å². The lowest BCUT2D eigenvalue weighted by molar-refractivity contribution is -0.138. The molecule has 1 fully saturated rings. The van der Waals surface area contributed by atoms with E-state index in [9.17, 15) is 14.4 Å². The Morgan fingerprint density at radius 2 is 1.89 bits per heavy atom. The van der Waals surface area contributed by atoms with Gasteiger partial charge in [0, 0.05) is 32.2 Å². The van der Waals surface area contributed by atoms with Gasteiger partial charge in [-0.25, -0.2) is 4.68 Å². The minimum Gasteiger partial charge on any atom is -0.368 e. The lowest BCUT2D eigenvalue weighted by Crippen LogP contribution is -2.59. The SMILES string of the molecule is Cc1ccc(=O)n(CC(=O)N2CCN(Cc3ccccc3)C(C(N)=O)C2)n1. The van der Waals surface area contributed by atoms with Crippen LogP contribution in [0.5, 0.6) is 0 Å². The van der Waals surface area contributed by atoms with Gasteiger partial charge in [-0.2, -0.15) is 5.10 Å². The highest BCUT2D eigenvalue weighted by Gasteiger charge is 2.33. The van der Waals surface area contributed by atoms with Crippen LogP contribution in [0.25, 0.3) is 0 Å². The topological polar surface area (TPSA) is 102 Å². The van der Waals surface area contributed by atoms with Crippen molar-refractivity contribution in [1.82, 2.24) is 19.6 Å². The summed E-state index contributed by atoms with van der Waals surface area (Å²) in [6.07, 6.45) is 0. The summed E-state index contributed by atoms with van der Waals surface area (Å²) in [5.74, 6) is -0.713. The molecule has 0 bridgehead atoms. The molecule has 1 saturated heterocycles. The number of nitrogens with two attached hydrogens (primary N) is 1. The second-order valence-electron chi connectivity index (χ2n) is 6.68. The molecular formula is C19H23N5O3. The maximum Gasteiger partial charge on any atom is 0.267 e. The van der Waals surface area contributed by atoms with Crippen LogP contribution in [0.2, 0.25) is 0 Å². The fourth-order valence-electron chi connectivity index (χ4n) is 3.22. The van der Waals surface area contributed by atoms with Gasteiger partial charge in [-0.05, 0) is 18.6 Å². The number of amides is 2. The van der Waals surface area contributed by atoms with E-state index in [0.717, 1.165) is 10.2 Å². The Morgan fingerprint density at radius 3 is 2.59 bits per heavy atom. The molecule has 0 aliphatic carbocycles. The van der Waals surface area contributed by atoms with Crippen molar-refractivity contribution in [3.05, 3.63) is 64.1 Å². The Hall–Kier alpha value is -3.00. The van der Waals surface area contributed by atoms with Crippen molar-refractivity contribution < 1.29 is 9.59 Å². The van der Waals surface area contributed by atoms with E-state index in [1.165, 1.54) is 6.07 Å². The smallest absolute Gasteiger partial charge is 0.267 e. The lowest BCUT2D eigenvalue weighted by atomic mass is 10.1. The molecule has 1 unspecified atom stereocenters. The predicted molar refractivity (Wildman–Crippen MR) is 99.6 cm³/mol. The van der Waals surface area contributed by atoms with Crippen LogP contribution in [0.1, 0.15) is 11.3 Å². The van der Waals surface area contributed by atoms with Gasteiger partial charge in [-0.15, -0.1) is 0 Å². The quantitative estimate of drug-likeness (QED) is 0.783. The largest absolute Gasteiger partial charge is 0.368 e. The van der Waals surface area contributed by atoms with Gasteiger partial charge in [0.25, 0.3) is 5.56 Å². The van der Waals surface area contributed by atoms with Gasteiger partial charge >= 0.3 is 0 Å². The minimum absolute atomic E-state index is 0.148. The molecule has 27 heavy (non-hydrogen) atoms. The maximum atomic E-state index is 12.6. The molecule has 2 aromatic rings. The molecule has 1 aromatic carbocycles. The number of hydrogen-bond donors (Lipinski definition) is 1. The van der Waals surface area contributed by atoms with Crippen molar-refractivity contribution in [2.24, 2.45) is 5.73 Å². The summed E-state index contributed by atoms with van der Waals surface area (Å²) in [6, 6.07) is 12.2. The van der Waals surface area contributed by atoms with E-state index in [0.29, 0.717) is 25.3 Å². The molecule has 8 heteroatoms. The molecule has 1 aliphatic heterocycles. The van der Waals surface area contributed by atoms with Crippen LogP contribution in [0.15, 0.2) is 47.3 Å². The summed E-state index contributed by atoms with van der Waals surface area (Å²) in [5.41, 5.74) is 6.99. The predicted octanol–water partition coefficient (Wildman–Crippen LogP) is -0.250. The molecule has 0 saturated carbocycles. The maximum absolute atomic E-state index is 12.6. The average molecular weight is 369 g/mol. The molecule has 1 aliphatic rings. The first kappa shape index (κ1) is 18.8. The van der Waals surface area contributed by atoms with Crippen LogP contribution in [-0.4, -0.2) is 57.1 Å². The van der Waals surface area contributed by atoms with E-state index >= 15 is 0 Å². The van der Waals surface area contributed by atoms with Crippen molar-refractivity contribution in [2.75, 3.05) is 19.6 Å². The summed E-state index contributed by atoms with van der Waals surface area (Å²) < 4.78 is 1.15. The molecule has 0 radical (unpaired) electrons. The monoisotopic (exact) mass is 369 g/mol. The van der Waals surface area contributed by atoms with E-state index in [4.69, 9.17) is 5.73 Å². The van der Waals surface area contributed by atoms with Gasteiger partial charge in [0.1, 0.15) is 12.6 Å². The van der Waals surface area contributed by atoms with Crippen molar-refractivity contribution in [2.45, 2.75) is 26.1 Å². The number of nitrogens with zero attached hydrogens (tertiary/aromatic N) is 4. The van der Waals surface area contributed by atoms with E-state index in [-0.39, 0.29) is 24.6 Å². The average Bonchev–Trinajstić information content (AvgIpc) is 2.65. The number of primary amides is 1. The molecule has 142 valence electrons. The van der Waals surface area contributed by atoms with Crippen LogP contribution in [0.3, 0.4) is 0 Å². The first-order chi connectivity index (χ1) is 12.9. The summed E-state index contributed by atoms with van der Waals surface area (Å²) in [6.45, 7) is 3.41. The second-order valence-corrected chi connectivity index (χ2v) is 6.68. The zero-order chi connectivity index (χ0) is 19.4. The number of carbonyl (C=O) groups excluding carboxylic acids is 2. The number of rotatable bonds is 5. The molecule has 2 heterocycles. The van der Waals surface area contributed by atoms with Gasteiger partial charge in [0.2, 0.25) is 11.8 Å². The number of aryl methyl sites for hydroxylation is 1. The Balaban J connectivity index is 1.68. The Bertz CT molecular complexity index is 880. The van der Waals surface area contributed by atoms with Crippen LogP contribution < -0.4 is 11.3 Å². The van der Waals surface area contributed by atoms with Crippen molar-refractivity contribution in [3.63, 3.8) is 0 Å². The number of benzene rings is 1. The molecule has 0 spiro atoms. The van der Waals surface area contributed by atoms with Crippen LogP contribution in [0.4, 0.5) is 0 Å². The highest BCUT2D eigenvalue weighted by Crippen LogP contribution is 2.14. The Labute approximate surface area is 157 Å². The van der Waals surface area contributed by atoms with E-state index in [1.54, 1.807) is 17.9 Å². The van der Waals surface area contributed by atoms with Crippen molar-refractivity contribution in [3.8, 4) is 0 Å².